The molecule has 0 bridgehead atoms. The first kappa shape index (κ1) is 19.0. The molecule has 0 aliphatic rings. The average molecular weight is 350 g/mol. The zero-order valence-corrected chi connectivity index (χ0v) is 14.1. The fourth-order valence-corrected chi connectivity index (χ4v) is 3.69. The summed E-state index contributed by atoms with van der Waals surface area (Å²) in [5, 5.41) is 8.56. The van der Waals surface area contributed by atoms with E-state index < -0.39 is 30.7 Å². The maximum atomic E-state index is 12.2. The Morgan fingerprint density at radius 1 is 1.23 bits per heavy atom. The van der Waals surface area contributed by atoms with Crippen molar-refractivity contribution < 1.29 is 32.6 Å². The van der Waals surface area contributed by atoms with Crippen molar-refractivity contribution in [1.82, 2.24) is 0 Å². The first-order valence-corrected chi connectivity index (χ1v) is 9.57. The predicted molar refractivity (Wildman–Crippen MR) is 82.3 cm³/mol. The van der Waals surface area contributed by atoms with Gasteiger partial charge in [0, 0.05) is 5.56 Å². The second-order valence-electron chi connectivity index (χ2n) is 4.14. The summed E-state index contributed by atoms with van der Waals surface area (Å²) in [7, 11) is -3.64. The zero-order chi connectivity index (χ0) is 16.6. The lowest BCUT2D eigenvalue weighted by atomic mass is 10.2. The Kier molecular flexibility index (Phi) is 7.92. The third-order valence-electron chi connectivity index (χ3n) is 2.33. The summed E-state index contributed by atoms with van der Waals surface area (Å²) in [6.07, 6.45) is 0. The SMILES string of the molecule is CCOP(=O)(OCC)Oc1ccc(C[S+]([O-])CC(=O)O)cc1. The van der Waals surface area contributed by atoms with Gasteiger partial charge in [0.2, 0.25) is 5.75 Å². The molecular weight excluding hydrogens is 331 g/mol. The number of aliphatic carboxylic acids is 1. The Bertz CT molecular complexity index is 510. The molecule has 22 heavy (non-hydrogen) atoms. The van der Waals surface area contributed by atoms with Crippen molar-refractivity contribution in [1.29, 1.82) is 0 Å². The van der Waals surface area contributed by atoms with E-state index in [-0.39, 0.29) is 24.7 Å². The van der Waals surface area contributed by atoms with E-state index in [2.05, 4.69) is 0 Å². The molecular formula is C13H19O7PS. The molecule has 1 N–H and O–H groups in total. The van der Waals surface area contributed by atoms with E-state index in [1.165, 1.54) is 12.1 Å². The molecule has 0 spiro atoms. The topological polar surface area (TPSA) is 105 Å². The van der Waals surface area contributed by atoms with Crippen LogP contribution in [0.2, 0.25) is 0 Å². The number of benzene rings is 1. The average Bonchev–Trinajstić information content (AvgIpc) is 2.40. The van der Waals surface area contributed by atoms with E-state index in [4.69, 9.17) is 18.7 Å². The third-order valence-corrected chi connectivity index (χ3v) is 5.13. The van der Waals surface area contributed by atoms with Gasteiger partial charge < -0.3 is 14.2 Å². The van der Waals surface area contributed by atoms with Crippen LogP contribution >= 0.6 is 7.82 Å². The number of phosphoric acid groups is 1. The lowest BCUT2D eigenvalue weighted by Gasteiger charge is -2.17. The maximum absolute atomic E-state index is 12.2. The second kappa shape index (κ2) is 9.17. The van der Waals surface area contributed by atoms with Crippen LogP contribution in [0, 0.1) is 0 Å². The number of carbonyl (C=O) groups is 1. The Morgan fingerprint density at radius 2 is 1.77 bits per heavy atom. The lowest BCUT2D eigenvalue weighted by Crippen LogP contribution is -2.16. The Hall–Kier alpha value is -1.05. The molecule has 0 saturated carbocycles. The minimum absolute atomic E-state index is 0.126. The van der Waals surface area contributed by atoms with Crippen molar-refractivity contribution in [2.24, 2.45) is 0 Å². The van der Waals surface area contributed by atoms with Gasteiger partial charge in [0.05, 0.1) is 13.2 Å². The van der Waals surface area contributed by atoms with Crippen molar-refractivity contribution in [3.8, 4) is 5.75 Å². The van der Waals surface area contributed by atoms with Crippen molar-refractivity contribution in [2.45, 2.75) is 19.6 Å². The summed E-state index contributed by atoms with van der Waals surface area (Å²) >= 11 is -1.48. The van der Waals surface area contributed by atoms with Crippen LogP contribution in [0.1, 0.15) is 19.4 Å². The summed E-state index contributed by atoms with van der Waals surface area (Å²) < 4.78 is 39.0. The van der Waals surface area contributed by atoms with Gasteiger partial charge in [-0.15, -0.1) is 0 Å². The van der Waals surface area contributed by atoms with Crippen LogP contribution < -0.4 is 4.52 Å². The van der Waals surface area contributed by atoms with Gasteiger partial charge in [-0.3, -0.25) is 9.05 Å². The molecule has 0 amide bonds. The standard InChI is InChI=1S/C13H19O7PS/c1-3-18-21(16,19-4-2)20-12-7-5-11(6-8-12)9-22(17)10-13(14)15/h5-8H,3-4,9-10H2,1-2H3,(H,14,15). The first-order chi connectivity index (χ1) is 10.4. The number of carboxylic acids is 1. The van der Waals surface area contributed by atoms with Crippen LogP contribution in [0.5, 0.6) is 5.75 Å². The molecule has 0 aliphatic heterocycles. The molecule has 0 aromatic heterocycles. The quantitative estimate of drug-likeness (QED) is 0.511. The highest BCUT2D eigenvalue weighted by Crippen LogP contribution is 2.49. The van der Waals surface area contributed by atoms with Gasteiger partial charge >= 0.3 is 13.8 Å². The smallest absolute Gasteiger partial charge is 0.530 e. The van der Waals surface area contributed by atoms with Gasteiger partial charge in [0.15, 0.2) is 0 Å². The predicted octanol–water partition coefficient (Wildman–Crippen LogP) is 2.58. The molecule has 1 rings (SSSR count). The van der Waals surface area contributed by atoms with Gasteiger partial charge in [-0.1, -0.05) is 12.1 Å². The molecule has 1 unspecified atom stereocenters. The largest absolute Gasteiger partial charge is 0.616 e. The van der Waals surface area contributed by atoms with Crippen LogP contribution in [-0.4, -0.2) is 34.6 Å². The second-order valence-corrected chi connectivity index (χ2v) is 7.19. The molecule has 0 fully saturated rings. The molecule has 0 heterocycles. The molecule has 1 aromatic rings. The summed E-state index contributed by atoms with van der Waals surface area (Å²) in [5.74, 6) is -1.09. The number of carboxylic acid groups (broad SMARTS) is 1. The van der Waals surface area contributed by atoms with E-state index in [9.17, 15) is 13.9 Å². The van der Waals surface area contributed by atoms with Gasteiger partial charge in [-0.25, -0.2) is 9.36 Å². The van der Waals surface area contributed by atoms with Crippen molar-refractivity contribution in [3.05, 3.63) is 29.8 Å². The molecule has 7 nitrogen and oxygen atoms in total. The van der Waals surface area contributed by atoms with E-state index in [1.54, 1.807) is 26.0 Å². The lowest BCUT2D eigenvalue weighted by molar-refractivity contribution is -0.134. The Balaban J connectivity index is 2.67. The van der Waals surface area contributed by atoms with Gasteiger partial charge in [-0.2, -0.15) is 0 Å². The molecule has 124 valence electrons. The van der Waals surface area contributed by atoms with Crippen LogP contribution in [0.25, 0.3) is 0 Å². The van der Waals surface area contributed by atoms with Crippen molar-refractivity contribution in [2.75, 3.05) is 19.0 Å². The number of phosphoric ester groups is 1. The fraction of sp³-hybridized carbons (Fsp3) is 0.462. The van der Waals surface area contributed by atoms with Crippen LogP contribution in [0.4, 0.5) is 0 Å². The van der Waals surface area contributed by atoms with Crippen molar-refractivity contribution in [3.63, 3.8) is 0 Å². The first-order valence-electron chi connectivity index (χ1n) is 6.63. The van der Waals surface area contributed by atoms with E-state index in [0.717, 1.165) is 0 Å². The molecule has 0 radical (unpaired) electrons. The summed E-state index contributed by atoms with van der Waals surface area (Å²) in [6, 6.07) is 6.32. The van der Waals surface area contributed by atoms with E-state index in [1.807, 2.05) is 0 Å². The fourth-order valence-electron chi connectivity index (χ4n) is 1.56. The Labute approximate surface area is 132 Å². The molecule has 1 atom stereocenters. The van der Waals surface area contributed by atoms with Crippen LogP contribution in [0.3, 0.4) is 0 Å². The van der Waals surface area contributed by atoms with Crippen molar-refractivity contribution >= 4 is 25.0 Å². The molecule has 1 aromatic carbocycles. The summed E-state index contributed by atoms with van der Waals surface area (Å²) in [4.78, 5) is 10.5. The summed E-state index contributed by atoms with van der Waals surface area (Å²) in [5.41, 5.74) is 0.689. The number of hydrogen-bond donors (Lipinski definition) is 1. The zero-order valence-electron chi connectivity index (χ0n) is 12.4. The third kappa shape index (κ3) is 6.81. The molecule has 0 aliphatic carbocycles. The van der Waals surface area contributed by atoms with E-state index >= 15 is 0 Å². The highest BCUT2D eigenvalue weighted by molar-refractivity contribution is 7.91. The highest BCUT2D eigenvalue weighted by Gasteiger charge is 2.27. The van der Waals surface area contributed by atoms with E-state index in [0.29, 0.717) is 5.56 Å². The number of hydrogen-bond acceptors (Lipinski definition) is 6. The molecule has 0 saturated heterocycles. The van der Waals surface area contributed by atoms with Gasteiger partial charge in [0.1, 0.15) is 11.5 Å². The van der Waals surface area contributed by atoms with Gasteiger partial charge in [-0.05, 0) is 37.2 Å². The minimum Gasteiger partial charge on any atom is -0.616 e. The van der Waals surface area contributed by atoms with Crippen LogP contribution in [0.15, 0.2) is 24.3 Å². The number of rotatable bonds is 10. The van der Waals surface area contributed by atoms with Crippen LogP contribution in [-0.2, 0) is 35.3 Å². The Morgan fingerprint density at radius 3 is 2.23 bits per heavy atom. The normalized spacial score (nSPS) is 12.9. The minimum atomic E-state index is -3.64. The maximum Gasteiger partial charge on any atom is 0.530 e. The highest BCUT2D eigenvalue weighted by atomic mass is 32.2. The van der Waals surface area contributed by atoms with Gasteiger partial charge in [0.25, 0.3) is 0 Å². The summed E-state index contributed by atoms with van der Waals surface area (Å²) in [6.45, 7) is 3.72. The molecule has 9 heteroatoms. The monoisotopic (exact) mass is 350 g/mol.